The number of hydrogen-bond donors (Lipinski definition) is 1. The molecule has 1 aromatic carbocycles. The van der Waals surface area contributed by atoms with E-state index in [2.05, 4.69) is 0 Å². The predicted molar refractivity (Wildman–Crippen MR) is 64.2 cm³/mol. The van der Waals surface area contributed by atoms with Gasteiger partial charge in [-0.3, -0.25) is 10.1 Å². The molecule has 0 aliphatic heterocycles. The fraction of sp³-hybridized carbons (Fsp3) is 0.500. The number of methoxy groups -OCH3 is 1. The standard InChI is InChI=1S/C12H17NO4/c1-8(9(2)14)6-10-4-5-12(17-3)11(7-10)13(15)16/h4-5,7-9,14H,6H2,1-3H3. The molecule has 1 N–H and O–H groups in total. The van der Waals surface area contributed by atoms with Crippen LogP contribution in [0.5, 0.6) is 5.75 Å². The SMILES string of the molecule is COc1ccc(CC(C)C(C)O)cc1[N+](=O)[O-]. The van der Waals surface area contributed by atoms with E-state index < -0.39 is 11.0 Å². The topological polar surface area (TPSA) is 72.6 Å². The number of ether oxygens (including phenoxy) is 1. The summed E-state index contributed by atoms with van der Waals surface area (Å²) in [5.74, 6) is 0.312. The molecule has 17 heavy (non-hydrogen) atoms. The minimum Gasteiger partial charge on any atom is -0.490 e. The number of nitro groups is 1. The maximum atomic E-state index is 10.8. The molecule has 0 aromatic heterocycles. The summed E-state index contributed by atoms with van der Waals surface area (Å²) in [6, 6.07) is 4.87. The summed E-state index contributed by atoms with van der Waals surface area (Å²) in [5, 5.41) is 20.2. The maximum Gasteiger partial charge on any atom is 0.311 e. The highest BCUT2D eigenvalue weighted by molar-refractivity contribution is 5.48. The molecule has 0 saturated carbocycles. The van der Waals surface area contributed by atoms with Crippen LogP contribution in [-0.2, 0) is 6.42 Å². The minimum absolute atomic E-state index is 0.0391. The molecular weight excluding hydrogens is 222 g/mol. The molecule has 5 heteroatoms. The first kappa shape index (κ1) is 13.4. The predicted octanol–water partition coefficient (Wildman–Crippen LogP) is 2.16. The fourth-order valence-electron chi connectivity index (χ4n) is 1.55. The first-order valence-electron chi connectivity index (χ1n) is 5.45. The Morgan fingerprint density at radius 2 is 2.12 bits per heavy atom. The molecule has 0 spiro atoms. The van der Waals surface area contributed by atoms with Gasteiger partial charge in [0.15, 0.2) is 5.75 Å². The Kier molecular flexibility index (Phi) is 4.45. The summed E-state index contributed by atoms with van der Waals surface area (Å²) >= 11 is 0. The Morgan fingerprint density at radius 3 is 2.59 bits per heavy atom. The highest BCUT2D eigenvalue weighted by atomic mass is 16.6. The Hall–Kier alpha value is -1.62. The Labute approximate surface area is 100 Å². The number of nitrogens with zero attached hydrogens (tertiary/aromatic N) is 1. The zero-order chi connectivity index (χ0) is 13.0. The summed E-state index contributed by atoms with van der Waals surface area (Å²) in [7, 11) is 1.40. The van der Waals surface area contributed by atoms with E-state index in [0.29, 0.717) is 6.42 Å². The van der Waals surface area contributed by atoms with E-state index in [4.69, 9.17) is 4.74 Å². The maximum absolute atomic E-state index is 10.8. The quantitative estimate of drug-likeness (QED) is 0.631. The number of rotatable bonds is 5. The largest absolute Gasteiger partial charge is 0.490 e. The van der Waals surface area contributed by atoms with Crippen LogP contribution < -0.4 is 4.74 Å². The second kappa shape index (κ2) is 5.63. The summed E-state index contributed by atoms with van der Waals surface area (Å²) in [6.07, 6.45) is 0.166. The minimum atomic E-state index is -0.463. The Balaban J connectivity index is 2.96. The zero-order valence-electron chi connectivity index (χ0n) is 10.2. The highest BCUT2D eigenvalue weighted by Crippen LogP contribution is 2.28. The van der Waals surface area contributed by atoms with Gasteiger partial charge in [0.05, 0.1) is 18.1 Å². The number of hydrogen-bond acceptors (Lipinski definition) is 4. The van der Waals surface area contributed by atoms with Gasteiger partial charge in [-0.2, -0.15) is 0 Å². The van der Waals surface area contributed by atoms with Crippen LogP contribution in [0.15, 0.2) is 18.2 Å². The molecule has 0 radical (unpaired) electrons. The van der Waals surface area contributed by atoms with Gasteiger partial charge in [-0.25, -0.2) is 0 Å². The van der Waals surface area contributed by atoms with Crippen LogP contribution in [0, 0.1) is 16.0 Å². The molecule has 0 aliphatic rings. The lowest BCUT2D eigenvalue weighted by atomic mass is 9.96. The van der Waals surface area contributed by atoms with Crippen molar-refractivity contribution >= 4 is 5.69 Å². The molecule has 94 valence electrons. The average molecular weight is 239 g/mol. The number of benzene rings is 1. The summed E-state index contributed by atoms with van der Waals surface area (Å²) in [6.45, 7) is 3.61. The van der Waals surface area contributed by atoms with E-state index in [-0.39, 0.29) is 17.4 Å². The van der Waals surface area contributed by atoms with E-state index >= 15 is 0 Å². The molecule has 0 aliphatic carbocycles. The third-order valence-corrected chi connectivity index (χ3v) is 2.82. The molecule has 5 nitrogen and oxygen atoms in total. The second-order valence-electron chi connectivity index (χ2n) is 4.19. The average Bonchev–Trinajstić information content (AvgIpc) is 2.28. The molecule has 0 fully saturated rings. The number of nitro benzene ring substituents is 1. The number of aliphatic hydroxyl groups is 1. The second-order valence-corrected chi connectivity index (χ2v) is 4.19. The van der Waals surface area contributed by atoms with Gasteiger partial charge in [0.1, 0.15) is 0 Å². The smallest absolute Gasteiger partial charge is 0.311 e. The summed E-state index contributed by atoms with van der Waals surface area (Å²) in [5.41, 5.74) is 0.786. The monoisotopic (exact) mass is 239 g/mol. The lowest BCUT2D eigenvalue weighted by Gasteiger charge is -2.14. The van der Waals surface area contributed by atoms with Crippen LogP contribution in [0.4, 0.5) is 5.69 Å². The van der Waals surface area contributed by atoms with Crippen molar-refractivity contribution in [2.75, 3.05) is 7.11 Å². The van der Waals surface area contributed by atoms with Gasteiger partial charge in [0, 0.05) is 6.07 Å². The van der Waals surface area contributed by atoms with Crippen molar-refractivity contribution in [3.8, 4) is 5.75 Å². The molecular formula is C12H17NO4. The van der Waals surface area contributed by atoms with Crippen molar-refractivity contribution in [2.24, 2.45) is 5.92 Å². The Morgan fingerprint density at radius 1 is 1.47 bits per heavy atom. The van der Waals surface area contributed by atoms with Crippen LogP contribution in [0.25, 0.3) is 0 Å². The van der Waals surface area contributed by atoms with Crippen LogP contribution in [0.3, 0.4) is 0 Å². The van der Waals surface area contributed by atoms with E-state index in [1.165, 1.54) is 13.2 Å². The highest BCUT2D eigenvalue weighted by Gasteiger charge is 2.17. The van der Waals surface area contributed by atoms with Crippen molar-refractivity contribution < 1.29 is 14.8 Å². The normalized spacial score (nSPS) is 14.1. The van der Waals surface area contributed by atoms with Crippen LogP contribution >= 0.6 is 0 Å². The van der Waals surface area contributed by atoms with Crippen molar-refractivity contribution in [2.45, 2.75) is 26.4 Å². The van der Waals surface area contributed by atoms with E-state index in [1.807, 2.05) is 6.92 Å². The molecule has 1 aromatic rings. The van der Waals surface area contributed by atoms with Crippen LogP contribution in [0.1, 0.15) is 19.4 Å². The van der Waals surface area contributed by atoms with E-state index in [1.54, 1.807) is 19.1 Å². The van der Waals surface area contributed by atoms with Crippen molar-refractivity contribution in [3.05, 3.63) is 33.9 Å². The molecule has 0 heterocycles. The summed E-state index contributed by atoms with van der Waals surface area (Å²) < 4.78 is 4.92. The third-order valence-electron chi connectivity index (χ3n) is 2.82. The molecule has 0 amide bonds. The van der Waals surface area contributed by atoms with Crippen LogP contribution in [-0.4, -0.2) is 23.2 Å². The summed E-state index contributed by atoms with van der Waals surface area (Å²) in [4.78, 5) is 10.4. The van der Waals surface area contributed by atoms with Gasteiger partial charge < -0.3 is 9.84 Å². The van der Waals surface area contributed by atoms with Gasteiger partial charge in [-0.05, 0) is 30.9 Å². The number of aliphatic hydroxyl groups excluding tert-OH is 1. The van der Waals surface area contributed by atoms with Gasteiger partial charge in [-0.15, -0.1) is 0 Å². The fourth-order valence-corrected chi connectivity index (χ4v) is 1.55. The lowest BCUT2D eigenvalue weighted by molar-refractivity contribution is -0.385. The molecule has 1 rings (SSSR count). The molecule has 2 atom stereocenters. The first-order valence-corrected chi connectivity index (χ1v) is 5.45. The van der Waals surface area contributed by atoms with Gasteiger partial charge >= 0.3 is 5.69 Å². The van der Waals surface area contributed by atoms with Crippen LogP contribution in [0.2, 0.25) is 0 Å². The first-order chi connectivity index (χ1) is 7.95. The van der Waals surface area contributed by atoms with Crippen molar-refractivity contribution in [3.63, 3.8) is 0 Å². The van der Waals surface area contributed by atoms with E-state index in [9.17, 15) is 15.2 Å². The molecule has 2 unspecified atom stereocenters. The van der Waals surface area contributed by atoms with Gasteiger partial charge in [0.25, 0.3) is 0 Å². The van der Waals surface area contributed by atoms with Gasteiger partial charge in [-0.1, -0.05) is 13.0 Å². The molecule has 0 bridgehead atoms. The lowest BCUT2D eigenvalue weighted by Crippen LogP contribution is -2.15. The Bertz CT molecular complexity index is 403. The zero-order valence-corrected chi connectivity index (χ0v) is 10.2. The van der Waals surface area contributed by atoms with Crippen molar-refractivity contribution in [1.29, 1.82) is 0 Å². The van der Waals surface area contributed by atoms with Crippen molar-refractivity contribution in [1.82, 2.24) is 0 Å². The molecule has 0 saturated heterocycles. The van der Waals surface area contributed by atoms with Gasteiger partial charge in [0.2, 0.25) is 0 Å². The third kappa shape index (κ3) is 3.42. The van der Waals surface area contributed by atoms with E-state index in [0.717, 1.165) is 5.56 Å².